The average molecular weight is 353 g/mol. The predicted octanol–water partition coefficient (Wildman–Crippen LogP) is 2.20. The Balaban J connectivity index is 2.21. The van der Waals surface area contributed by atoms with E-state index < -0.39 is 10.0 Å². The monoisotopic (exact) mass is 353 g/mol. The molecule has 0 amide bonds. The quantitative estimate of drug-likeness (QED) is 0.845. The lowest BCUT2D eigenvalue weighted by Crippen LogP contribution is -2.10. The van der Waals surface area contributed by atoms with Crippen LogP contribution in [0.3, 0.4) is 0 Å². The maximum absolute atomic E-state index is 11.1. The van der Waals surface area contributed by atoms with Gasteiger partial charge in [0.05, 0.1) is 18.0 Å². The van der Waals surface area contributed by atoms with Crippen molar-refractivity contribution in [1.82, 2.24) is 0 Å². The molecular formula is C10H12INO3S. The summed E-state index contributed by atoms with van der Waals surface area (Å²) < 4.78 is 31.2. The Morgan fingerprint density at radius 3 is 2.69 bits per heavy atom. The Labute approximate surface area is 109 Å². The van der Waals surface area contributed by atoms with Gasteiger partial charge in [-0.1, -0.05) is 0 Å². The third kappa shape index (κ3) is 3.51. The van der Waals surface area contributed by atoms with Crippen molar-refractivity contribution >= 4 is 38.3 Å². The third-order valence-corrected chi connectivity index (χ3v) is 3.59. The van der Waals surface area contributed by atoms with E-state index in [1.165, 1.54) is 0 Å². The van der Waals surface area contributed by atoms with Crippen LogP contribution in [0.1, 0.15) is 12.8 Å². The lowest BCUT2D eigenvalue weighted by atomic mass is 10.3. The van der Waals surface area contributed by atoms with Gasteiger partial charge in [0.1, 0.15) is 5.75 Å². The summed E-state index contributed by atoms with van der Waals surface area (Å²) in [5.41, 5.74) is 0.571. The molecule has 88 valence electrons. The van der Waals surface area contributed by atoms with Crippen LogP contribution < -0.4 is 9.46 Å². The van der Waals surface area contributed by atoms with Crippen LogP contribution in [0.15, 0.2) is 18.2 Å². The molecule has 0 saturated heterocycles. The van der Waals surface area contributed by atoms with Gasteiger partial charge < -0.3 is 4.74 Å². The van der Waals surface area contributed by atoms with Gasteiger partial charge in [-0.05, 0) is 47.6 Å². The molecule has 4 nitrogen and oxygen atoms in total. The zero-order valence-corrected chi connectivity index (χ0v) is 11.7. The summed E-state index contributed by atoms with van der Waals surface area (Å²) >= 11 is 2.08. The zero-order valence-electron chi connectivity index (χ0n) is 8.73. The Morgan fingerprint density at radius 1 is 1.44 bits per heavy atom. The van der Waals surface area contributed by atoms with Crippen molar-refractivity contribution in [2.75, 3.05) is 11.0 Å². The summed E-state index contributed by atoms with van der Waals surface area (Å²) in [6.45, 7) is 0. The molecule has 1 fully saturated rings. The van der Waals surface area contributed by atoms with Crippen LogP contribution in [-0.2, 0) is 10.0 Å². The number of nitrogens with one attached hydrogen (secondary N) is 1. The second-order valence-electron chi connectivity index (χ2n) is 3.83. The van der Waals surface area contributed by atoms with E-state index in [1.54, 1.807) is 6.07 Å². The Hall–Kier alpha value is -0.500. The highest BCUT2D eigenvalue weighted by Gasteiger charge is 2.23. The average Bonchev–Trinajstić information content (AvgIpc) is 2.92. The Bertz CT molecular complexity index is 497. The highest BCUT2D eigenvalue weighted by molar-refractivity contribution is 14.1. The van der Waals surface area contributed by atoms with Crippen LogP contribution in [0.4, 0.5) is 5.69 Å². The van der Waals surface area contributed by atoms with Gasteiger partial charge in [-0.2, -0.15) is 0 Å². The first-order valence-corrected chi connectivity index (χ1v) is 7.85. The molecule has 0 aromatic heterocycles. The Morgan fingerprint density at radius 2 is 2.12 bits per heavy atom. The number of hydrogen-bond acceptors (Lipinski definition) is 3. The van der Waals surface area contributed by atoms with Gasteiger partial charge in [0.15, 0.2) is 0 Å². The highest BCUT2D eigenvalue weighted by atomic mass is 127. The molecule has 0 spiro atoms. The van der Waals surface area contributed by atoms with Crippen LogP contribution in [0.25, 0.3) is 0 Å². The number of halogens is 1. The fraction of sp³-hybridized carbons (Fsp3) is 0.400. The van der Waals surface area contributed by atoms with Crippen molar-refractivity contribution in [1.29, 1.82) is 0 Å². The van der Waals surface area contributed by atoms with E-state index in [1.807, 2.05) is 12.1 Å². The van der Waals surface area contributed by atoms with E-state index in [2.05, 4.69) is 27.3 Å². The Kier molecular flexibility index (Phi) is 3.29. The summed E-state index contributed by atoms with van der Waals surface area (Å²) in [6, 6.07) is 5.42. The second kappa shape index (κ2) is 4.40. The second-order valence-corrected chi connectivity index (χ2v) is 6.74. The molecule has 0 bridgehead atoms. The minimum absolute atomic E-state index is 0.311. The molecule has 16 heavy (non-hydrogen) atoms. The zero-order chi connectivity index (χ0) is 11.8. The van der Waals surface area contributed by atoms with Crippen LogP contribution in [0.2, 0.25) is 0 Å². The molecule has 1 N–H and O–H groups in total. The minimum atomic E-state index is -3.24. The van der Waals surface area contributed by atoms with E-state index in [0.717, 1.165) is 22.7 Å². The molecule has 0 aliphatic heterocycles. The molecule has 1 aromatic rings. The van der Waals surface area contributed by atoms with Crippen molar-refractivity contribution < 1.29 is 13.2 Å². The summed E-state index contributed by atoms with van der Waals surface area (Å²) in [5.74, 6) is 0.717. The van der Waals surface area contributed by atoms with E-state index in [4.69, 9.17) is 4.74 Å². The topological polar surface area (TPSA) is 55.4 Å². The number of anilines is 1. The SMILES string of the molecule is CS(=O)(=O)Nc1cc(OC2CC2)ccc1I. The molecule has 1 saturated carbocycles. The smallest absolute Gasteiger partial charge is 0.229 e. The predicted molar refractivity (Wildman–Crippen MR) is 71.3 cm³/mol. The van der Waals surface area contributed by atoms with Gasteiger partial charge in [-0.25, -0.2) is 8.42 Å². The standard InChI is InChI=1S/C10H12INO3S/c1-16(13,14)12-10-6-8(4-5-9(10)11)15-7-2-3-7/h4-7,12H,2-3H2,1H3. The van der Waals surface area contributed by atoms with E-state index in [-0.39, 0.29) is 0 Å². The molecule has 1 aromatic carbocycles. The number of rotatable bonds is 4. The summed E-state index contributed by atoms with van der Waals surface area (Å²) in [4.78, 5) is 0. The maximum Gasteiger partial charge on any atom is 0.229 e. The minimum Gasteiger partial charge on any atom is -0.490 e. The number of benzene rings is 1. The lowest BCUT2D eigenvalue weighted by molar-refractivity contribution is 0.303. The van der Waals surface area contributed by atoms with Crippen LogP contribution in [0, 0.1) is 3.57 Å². The fourth-order valence-corrected chi connectivity index (χ4v) is 2.46. The molecule has 1 aliphatic rings. The molecule has 0 radical (unpaired) electrons. The highest BCUT2D eigenvalue weighted by Crippen LogP contribution is 2.30. The van der Waals surface area contributed by atoms with Gasteiger partial charge in [-0.3, -0.25) is 4.72 Å². The van der Waals surface area contributed by atoms with Crippen molar-refractivity contribution in [3.05, 3.63) is 21.8 Å². The van der Waals surface area contributed by atoms with Gasteiger partial charge in [0, 0.05) is 9.64 Å². The normalized spacial score (nSPS) is 15.9. The van der Waals surface area contributed by atoms with Gasteiger partial charge in [-0.15, -0.1) is 0 Å². The van der Waals surface area contributed by atoms with Gasteiger partial charge in [0.25, 0.3) is 0 Å². The fourth-order valence-electron chi connectivity index (χ4n) is 1.23. The molecule has 6 heteroatoms. The summed E-state index contributed by atoms with van der Waals surface area (Å²) in [7, 11) is -3.24. The van der Waals surface area contributed by atoms with Crippen LogP contribution in [0.5, 0.6) is 5.75 Å². The third-order valence-electron chi connectivity index (χ3n) is 2.06. The molecule has 0 atom stereocenters. The number of ether oxygens (including phenoxy) is 1. The van der Waals surface area contributed by atoms with E-state index >= 15 is 0 Å². The summed E-state index contributed by atoms with van der Waals surface area (Å²) in [6.07, 6.45) is 3.62. The maximum atomic E-state index is 11.1. The van der Waals surface area contributed by atoms with E-state index in [9.17, 15) is 8.42 Å². The van der Waals surface area contributed by atoms with Gasteiger partial charge in [0.2, 0.25) is 10.0 Å². The summed E-state index contributed by atoms with van der Waals surface area (Å²) in [5, 5.41) is 0. The molecule has 1 aliphatic carbocycles. The first-order valence-electron chi connectivity index (χ1n) is 4.88. The molecular weight excluding hydrogens is 341 g/mol. The first-order chi connectivity index (χ1) is 7.44. The van der Waals surface area contributed by atoms with Crippen molar-refractivity contribution in [2.45, 2.75) is 18.9 Å². The van der Waals surface area contributed by atoms with Crippen LogP contribution in [-0.4, -0.2) is 20.8 Å². The first kappa shape index (κ1) is 12.0. The largest absolute Gasteiger partial charge is 0.490 e. The molecule has 0 heterocycles. The molecule has 2 rings (SSSR count). The number of sulfonamides is 1. The van der Waals surface area contributed by atoms with Crippen molar-refractivity contribution in [3.63, 3.8) is 0 Å². The number of hydrogen-bond donors (Lipinski definition) is 1. The van der Waals surface area contributed by atoms with Crippen molar-refractivity contribution in [2.24, 2.45) is 0 Å². The van der Waals surface area contributed by atoms with Crippen LogP contribution >= 0.6 is 22.6 Å². The van der Waals surface area contributed by atoms with E-state index in [0.29, 0.717) is 17.5 Å². The van der Waals surface area contributed by atoms with Gasteiger partial charge >= 0.3 is 0 Å². The molecule has 0 unspecified atom stereocenters. The lowest BCUT2D eigenvalue weighted by Gasteiger charge is -2.09. The van der Waals surface area contributed by atoms with Crippen molar-refractivity contribution in [3.8, 4) is 5.75 Å².